The van der Waals surface area contributed by atoms with E-state index in [1.807, 2.05) is 24.8 Å². The molecule has 0 aliphatic carbocycles. The summed E-state index contributed by atoms with van der Waals surface area (Å²) in [4.78, 5) is 16.7. The van der Waals surface area contributed by atoms with Gasteiger partial charge in [-0.25, -0.2) is 0 Å². The van der Waals surface area contributed by atoms with Crippen molar-refractivity contribution in [2.45, 2.75) is 26.1 Å². The SMILES string of the molecule is CC1CN(c2oc(-c3ccccc3[N+](=O)[O-])nc2C#N)CC(C)O1. The summed E-state index contributed by atoms with van der Waals surface area (Å²) in [5.41, 5.74) is 0.252. The van der Waals surface area contributed by atoms with Crippen molar-refractivity contribution in [1.82, 2.24) is 4.98 Å². The molecule has 0 bridgehead atoms. The van der Waals surface area contributed by atoms with Crippen LogP contribution in [0.4, 0.5) is 11.6 Å². The van der Waals surface area contributed by atoms with Crippen molar-refractivity contribution >= 4 is 11.6 Å². The van der Waals surface area contributed by atoms with Crippen molar-refractivity contribution in [3.8, 4) is 17.5 Å². The summed E-state index contributed by atoms with van der Waals surface area (Å²) in [7, 11) is 0. The number of morpholine rings is 1. The highest BCUT2D eigenvalue weighted by Crippen LogP contribution is 2.34. The number of nitrogens with zero attached hydrogens (tertiary/aromatic N) is 4. The Hall–Kier alpha value is -2.92. The van der Waals surface area contributed by atoms with Crippen LogP contribution < -0.4 is 4.90 Å². The molecule has 0 saturated carbocycles. The average molecular weight is 328 g/mol. The normalized spacial score (nSPS) is 20.6. The van der Waals surface area contributed by atoms with Crippen molar-refractivity contribution in [2.75, 3.05) is 18.0 Å². The summed E-state index contributed by atoms with van der Waals surface area (Å²) in [6.45, 7) is 5.00. The summed E-state index contributed by atoms with van der Waals surface area (Å²) in [5, 5.41) is 20.5. The van der Waals surface area contributed by atoms with Crippen LogP contribution in [0.3, 0.4) is 0 Å². The second kappa shape index (κ2) is 6.29. The minimum Gasteiger partial charge on any atom is -0.419 e. The summed E-state index contributed by atoms with van der Waals surface area (Å²) in [6, 6.07) is 8.17. The Morgan fingerprint density at radius 1 is 1.33 bits per heavy atom. The van der Waals surface area contributed by atoms with Gasteiger partial charge in [-0.1, -0.05) is 12.1 Å². The van der Waals surface area contributed by atoms with E-state index in [9.17, 15) is 15.4 Å². The molecular weight excluding hydrogens is 312 g/mol. The molecule has 124 valence electrons. The second-order valence-electron chi connectivity index (χ2n) is 5.72. The molecule has 0 radical (unpaired) electrons. The van der Waals surface area contributed by atoms with Gasteiger partial charge in [0.05, 0.1) is 17.1 Å². The lowest BCUT2D eigenvalue weighted by Gasteiger charge is -2.34. The number of ether oxygens (including phenoxy) is 1. The maximum atomic E-state index is 11.2. The third kappa shape index (κ3) is 2.94. The number of benzene rings is 1. The summed E-state index contributed by atoms with van der Waals surface area (Å²) >= 11 is 0. The molecule has 1 aliphatic heterocycles. The molecule has 8 heteroatoms. The Morgan fingerprint density at radius 3 is 2.62 bits per heavy atom. The molecular formula is C16H16N4O4. The van der Waals surface area contributed by atoms with E-state index < -0.39 is 4.92 Å². The first-order chi connectivity index (χ1) is 11.5. The van der Waals surface area contributed by atoms with Crippen molar-refractivity contribution in [1.29, 1.82) is 5.26 Å². The number of hydrogen-bond acceptors (Lipinski definition) is 7. The maximum absolute atomic E-state index is 11.2. The van der Waals surface area contributed by atoms with Crippen LogP contribution in [0.15, 0.2) is 28.7 Å². The third-order valence-corrected chi connectivity index (χ3v) is 3.75. The van der Waals surface area contributed by atoms with Crippen LogP contribution in [0.2, 0.25) is 0 Å². The number of nitro groups is 1. The first-order valence-corrected chi connectivity index (χ1v) is 7.54. The van der Waals surface area contributed by atoms with Crippen molar-refractivity contribution < 1.29 is 14.1 Å². The number of nitriles is 1. The Kier molecular flexibility index (Phi) is 4.18. The molecule has 8 nitrogen and oxygen atoms in total. The van der Waals surface area contributed by atoms with Crippen LogP contribution >= 0.6 is 0 Å². The summed E-state index contributed by atoms with van der Waals surface area (Å²) in [5.74, 6) is 0.397. The van der Waals surface area contributed by atoms with Crippen LogP contribution in [0, 0.1) is 21.4 Å². The lowest BCUT2D eigenvalue weighted by molar-refractivity contribution is -0.384. The van der Waals surface area contributed by atoms with E-state index in [0.717, 1.165) is 0 Å². The minimum absolute atomic E-state index is 0.0140. The molecule has 2 heterocycles. The molecule has 1 aromatic carbocycles. The largest absolute Gasteiger partial charge is 0.419 e. The second-order valence-corrected chi connectivity index (χ2v) is 5.72. The number of rotatable bonds is 3. The van der Waals surface area contributed by atoms with Crippen molar-refractivity contribution in [3.63, 3.8) is 0 Å². The molecule has 2 unspecified atom stereocenters. The zero-order valence-electron chi connectivity index (χ0n) is 13.3. The number of anilines is 1. The number of para-hydroxylation sites is 1. The molecule has 3 rings (SSSR count). The van der Waals surface area contributed by atoms with E-state index in [0.29, 0.717) is 19.0 Å². The van der Waals surface area contributed by atoms with Crippen LogP contribution in [0.5, 0.6) is 0 Å². The zero-order chi connectivity index (χ0) is 17.3. The smallest absolute Gasteiger partial charge is 0.282 e. The first-order valence-electron chi connectivity index (χ1n) is 7.54. The van der Waals surface area contributed by atoms with Crippen LogP contribution in [-0.4, -0.2) is 35.2 Å². The van der Waals surface area contributed by atoms with Gasteiger partial charge in [0.25, 0.3) is 5.69 Å². The fraction of sp³-hybridized carbons (Fsp3) is 0.375. The number of aromatic nitrogens is 1. The fourth-order valence-corrected chi connectivity index (χ4v) is 2.87. The molecule has 24 heavy (non-hydrogen) atoms. The minimum atomic E-state index is -0.496. The van der Waals surface area contributed by atoms with Gasteiger partial charge in [0, 0.05) is 19.2 Å². The molecule has 1 fully saturated rings. The fourth-order valence-electron chi connectivity index (χ4n) is 2.87. The molecule has 2 aromatic rings. The lowest BCUT2D eigenvalue weighted by Crippen LogP contribution is -2.45. The first kappa shape index (κ1) is 16.0. The van der Waals surface area contributed by atoms with E-state index in [4.69, 9.17) is 9.15 Å². The van der Waals surface area contributed by atoms with Gasteiger partial charge in [0.1, 0.15) is 11.6 Å². The molecule has 1 saturated heterocycles. The highest BCUT2D eigenvalue weighted by molar-refractivity contribution is 5.69. The van der Waals surface area contributed by atoms with Gasteiger partial charge in [-0.15, -0.1) is 0 Å². The predicted molar refractivity (Wildman–Crippen MR) is 85.5 cm³/mol. The average Bonchev–Trinajstić information content (AvgIpc) is 2.98. The maximum Gasteiger partial charge on any atom is 0.282 e. The summed E-state index contributed by atoms with van der Waals surface area (Å²) < 4.78 is 11.4. The Labute approximate surface area is 138 Å². The predicted octanol–water partition coefficient (Wildman–Crippen LogP) is 2.74. The van der Waals surface area contributed by atoms with E-state index in [2.05, 4.69) is 4.98 Å². The van der Waals surface area contributed by atoms with E-state index >= 15 is 0 Å². The highest BCUT2D eigenvalue weighted by atomic mass is 16.6. The van der Waals surface area contributed by atoms with Crippen molar-refractivity contribution in [2.24, 2.45) is 0 Å². The molecule has 0 N–H and O–H groups in total. The third-order valence-electron chi connectivity index (χ3n) is 3.75. The summed E-state index contributed by atoms with van der Waals surface area (Å²) in [6.07, 6.45) is -0.0280. The number of hydrogen-bond donors (Lipinski definition) is 0. The molecule has 1 aliphatic rings. The Balaban J connectivity index is 2.03. The zero-order valence-corrected chi connectivity index (χ0v) is 13.3. The molecule has 2 atom stereocenters. The molecule has 0 spiro atoms. The van der Waals surface area contributed by atoms with Gasteiger partial charge in [-0.2, -0.15) is 10.2 Å². The van der Waals surface area contributed by atoms with Gasteiger partial charge in [-0.05, 0) is 19.9 Å². The number of nitro benzene ring substituents is 1. The monoisotopic (exact) mass is 328 g/mol. The topological polar surface area (TPSA) is 105 Å². The number of oxazole rings is 1. The lowest BCUT2D eigenvalue weighted by atomic mass is 10.2. The Bertz CT molecular complexity index is 801. The van der Waals surface area contributed by atoms with Gasteiger partial charge in [0.2, 0.25) is 17.5 Å². The van der Waals surface area contributed by atoms with Crippen LogP contribution in [0.1, 0.15) is 19.5 Å². The quantitative estimate of drug-likeness (QED) is 0.630. The van der Waals surface area contributed by atoms with E-state index in [-0.39, 0.29) is 35.0 Å². The van der Waals surface area contributed by atoms with Gasteiger partial charge in [-0.3, -0.25) is 10.1 Å². The molecule has 0 amide bonds. The van der Waals surface area contributed by atoms with Gasteiger partial charge >= 0.3 is 0 Å². The standard InChI is InChI=1S/C16H16N4O4/c1-10-8-19(9-11(2)23-10)16-13(7-17)18-15(24-16)12-5-3-4-6-14(12)20(21)22/h3-6,10-11H,8-9H2,1-2H3. The van der Waals surface area contributed by atoms with Gasteiger partial charge in [0.15, 0.2) is 0 Å². The van der Waals surface area contributed by atoms with Crippen molar-refractivity contribution in [3.05, 3.63) is 40.1 Å². The van der Waals surface area contributed by atoms with Crippen LogP contribution in [-0.2, 0) is 4.74 Å². The van der Waals surface area contributed by atoms with E-state index in [1.54, 1.807) is 18.2 Å². The highest BCUT2D eigenvalue weighted by Gasteiger charge is 2.29. The Morgan fingerprint density at radius 2 is 2.00 bits per heavy atom. The van der Waals surface area contributed by atoms with Crippen LogP contribution in [0.25, 0.3) is 11.5 Å². The molecule has 1 aromatic heterocycles. The van der Waals surface area contributed by atoms with Gasteiger partial charge < -0.3 is 14.1 Å². The van der Waals surface area contributed by atoms with E-state index in [1.165, 1.54) is 6.07 Å².